The SMILES string of the molecule is CNc1c(C=O)ccc2c1=NCCC=2. The summed E-state index contributed by atoms with van der Waals surface area (Å²) in [5.41, 5.74) is 1.51. The molecule has 0 aromatic heterocycles. The van der Waals surface area contributed by atoms with Crippen molar-refractivity contribution in [2.24, 2.45) is 4.99 Å². The van der Waals surface area contributed by atoms with Crippen LogP contribution >= 0.6 is 0 Å². The summed E-state index contributed by atoms with van der Waals surface area (Å²) in [6.45, 7) is 0.810. The summed E-state index contributed by atoms with van der Waals surface area (Å²) in [5, 5.41) is 5.07. The molecule has 14 heavy (non-hydrogen) atoms. The number of hydrogen-bond acceptors (Lipinski definition) is 3. The third-order valence-corrected chi connectivity index (χ3v) is 2.38. The number of fused-ring (bicyclic) bond motifs is 1. The molecule has 2 rings (SSSR count). The molecule has 0 radical (unpaired) electrons. The van der Waals surface area contributed by atoms with Gasteiger partial charge in [-0.3, -0.25) is 9.79 Å². The van der Waals surface area contributed by atoms with Gasteiger partial charge in [0.05, 0.1) is 11.0 Å². The Hall–Kier alpha value is -1.64. The lowest BCUT2D eigenvalue weighted by molar-refractivity contribution is 0.112. The monoisotopic (exact) mass is 188 g/mol. The van der Waals surface area contributed by atoms with E-state index < -0.39 is 0 Å². The van der Waals surface area contributed by atoms with Crippen molar-refractivity contribution in [2.75, 3.05) is 18.9 Å². The molecular weight excluding hydrogens is 176 g/mol. The highest BCUT2D eigenvalue weighted by atomic mass is 16.1. The molecule has 1 N–H and O–H groups in total. The molecule has 0 bridgehead atoms. The number of aldehydes is 1. The van der Waals surface area contributed by atoms with Gasteiger partial charge in [0.25, 0.3) is 0 Å². The second kappa shape index (κ2) is 3.62. The molecule has 0 fully saturated rings. The Labute approximate surface area is 82.2 Å². The van der Waals surface area contributed by atoms with E-state index >= 15 is 0 Å². The Kier molecular flexibility index (Phi) is 2.31. The highest BCUT2D eigenvalue weighted by Crippen LogP contribution is 2.05. The Morgan fingerprint density at radius 3 is 3.07 bits per heavy atom. The molecule has 1 aromatic rings. The van der Waals surface area contributed by atoms with Gasteiger partial charge >= 0.3 is 0 Å². The molecule has 0 saturated heterocycles. The maximum Gasteiger partial charge on any atom is 0.152 e. The number of nitrogens with zero attached hydrogens (tertiary/aromatic N) is 1. The van der Waals surface area contributed by atoms with Crippen LogP contribution in [0.2, 0.25) is 0 Å². The third kappa shape index (κ3) is 1.31. The van der Waals surface area contributed by atoms with E-state index in [-0.39, 0.29) is 0 Å². The van der Waals surface area contributed by atoms with Crippen LogP contribution in [0, 0.1) is 0 Å². The number of anilines is 1. The van der Waals surface area contributed by atoms with E-state index in [0.29, 0.717) is 5.56 Å². The minimum atomic E-state index is 0.672. The molecular formula is C11H12N2O. The summed E-state index contributed by atoms with van der Waals surface area (Å²) in [6, 6.07) is 3.78. The average molecular weight is 188 g/mol. The van der Waals surface area contributed by atoms with E-state index in [4.69, 9.17) is 0 Å². The fraction of sp³-hybridized carbons (Fsp3) is 0.273. The lowest BCUT2D eigenvalue weighted by Crippen LogP contribution is -2.31. The highest BCUT2D eigenvalue weighted by Gasteiger charge is 2.05. The molecule has 1 aliphatic heterocycles. The van der Waals surface area contributed by atoms with Crippen LogP contribution in [0.15, 0.2) is 17.1 Å². The summed E-state index contributed by atoms with van der Waals surface area (Å²) in [6.07, 6.45) is 3.99. The van der Waals surface area contributed by atoms with Crippen molar-refractivity contribution in [2.45, 2.75) is 6.42 Å². The first-order valence-electron chi connectivity index (χ1n) is 4.67. The largest absolute Gasteiger partial charge is 0.386 e. The van der Waals surface area contributed by atoms with Crippen LogP contribution in [0.3, 0.4) is 0 Å². The summed E-state index contributed by atoms with van der Waals surface area (Å²) in [7, 11) is 1.81. The lowest BCUT2D eigenvalue weighted by atomic mass is 10.1. The first kappa shape index (κ1) is 8.94. The maximum absolute atomic E-state index is 10.8. The molecule has 1 aromatic carbocycles. The predicted molar refractivity (Wildman–Crippen MR) is 56.1 cm³/mol. The van der Waals surface area contributed by atoms with Gasteiger partial charge in [0.15, 0.2) is 6.29 Å². The van der Waals surface area contributed by atoms with Crippen LogP contribution < -0.4 is 15.9 Å². The molecule has 0 saturated carbocycles. The van der Waals surface area contributed by atoms with E-state index in [1.54, 1.807) is 0 Å². The van der Waals surface area contributed by atoms with Gasteiger partial charge in [-0.1, -0.05) is 12.1 Å². The van der Waals surface area contributed by atoms with Crippen molar-refractivity contribution < 1.29 is 4.79 Å². The topological polar surface area (TPSA) is 41.5 Å². The van der Waals surface area contributed by atoms with Gasteiger partial charge in [-0.25, -0.2) is 0 Å². The Morgan fingerprint density at radius 1 is 1.50 bits per heavy atom. The highest BCUT2D eigenvalue weighted by molar-refractivity contribution is 5.83. The van der Waals surface area contributed by atoms with Crippen molar-refractivity contribution in [1.82, 2.24) is 0 Å². The van der Waals surface area contributed by atoms with E-state index in [1.165, 1.54) is 0 Å². The molecule has 1 aliphatic rings. The zero-order chi connectivity index (χ0) is 9.97. The summed E-state index contributed by atoms with van der Waals surface area (Å²) in [5.74, 6) is 0. The quantitative estimate of drug-likeness (QED) is 0.680. The van der Waals surface area contributed by atoms with Crippen molar-refractivity contribution in [3.63, 3.8) is 0 Å². The molecule has 0 atom stereocenters. The zero-order valence-electron chi connectivity index (χ0n) is 8.08. The predicted octanol–water partition coefficient (Wildman–Crippen LogP) is 0.345. The van der Waals surface area contributed by atoms with E-state index in [2.05, 4.69) is 16.4 Å². The molecule has 3 heteroatoms. The van der Waals surface area contributed by atoms with Crippen LogP contribution in [0.4, 0.5) is 5.69 Å². The van der Waals surface area contributed by atoms with E-state index in [9.17, 15) is 4.79 Å². The number of benzene rings is 1. The van der Waals surface area contributed by atoms with Crippen LogP contribution in [-0.2, 0) is 0 Å². The van der Waals surface area contributed by atoms with Gasteiger partial charge < -0.3 is 5.32 Å². The number of carbonyl (C=O) groups excluding carboxylic acids is 1. The second-order valence-electron chi connectivity index (χ2n) is 3.21. The normalized spacial score (nSPS) is 13.5. The summed E-state index contributed by atoms with van der Waals surface area (Å²) >= 11 is 0. The van der Waals surface area contributed by atoms with Crippen molar-refractivity contribution >= 4 is 18.0 Å². The standard InChI is InChI=1S/C11H12N2O/c1-12-10-9(7-14)5-4-8-3-2-6-13-11(8)10/h3-5,7,12H,2,6H2,1H3. The van der Waals surface area contributed by atoms with E-state index in [0.717, 1.165) is 35.5 Å². The average Bonchev–Trinajstić information content (AvgIpc) is 2.27. The number of hydrogen-bond donors (Lipinski definition) is 1. The molecule has 0 aliphatic carbocycles. The van der Waals surface area contributed by atoms with Crippen molar-refractivity contribution in [3.05, 3.63) is 28.3 Å². The van der Waals surface area contributed by atoms with Gasteiger partial charge in [-0.05, 0) is 17.7 Å². The number of nitrogens with one attached hydrogen (secondary N) is 1. The second-order valence-corrected chi connectivity index (χ2v) is 3.21. The summed E-state index contributed by atoms with van der Waals surface area (Å²) in [4.78, 5) is 15.2. The van der Waals surface area contributed by atoms with Crippen molar-refractivity contribution in [3.8, 4) is 0 Å². The number of rotatable bonds is 2. The Balaban J connectivity index is 2.82. The van der Waals surface area contributed by atoms with Crippen LogP contribution in [0.1, 0.15) is 16.8 Å². The van der Waals surface area contributed by atoms with Crippen molar-refractivity contribution in [1.29, 1.82) is 0 Å². The van der Waals surface area contributed by atoms with Gasteiger partial charge in [-0.15, -0.1) is 0 Å². The van der Waals surface area contributed by atoms with Gasteiger partial charge in [0.1, 0.15) is 0 Å². The maximum atomic E-state index is 10.8. The van der Waals surface area contributed by atoms with Gasteiger partial charge in [0, 0.05) is 19.2 Å². The van der Waals surface area contributed by atoms with E-state index in [1.807, 2.05) is 19.2 Å². The smallest absolute Gasteiger partial charge is 0.152 e. The fourth-order valence-corrected chi connectivity index (χ4v) is 1.72. The van der Waals surface area contributed by atoms with Crippen LogP contribution in [-0.4, -0.2) is 19.9 Å². The van der Waals surface area contributed by atoms with Crippen LogP contribution in [0.5, 0.6) is 0 Å². The molecule has 0 spiro atoms. The first-order chi connectivity index (χ1) is 6.86. The zero-order valence-corrected chi connectivity index (χ0v) is 8.08. The third-order valence-electron chi connectivity index (χ3n) is 2.38. The molecule has 0 unspecified atom stereocenters. The minimum Gasteiger partial charge on any atom is -0.386 e. The minimum absolute atomic E-state index is 0.672. The molecule has 1 heterocycles. The summed E-state index contributed by atoms with van der Waals surface area (Å²) < 4.78 is 0. The van der Waals surface area contributed by atoms with Gasteiger partial charge in [0.2, 0.25) is 0 Å². The molecule has 3 nitrogen and oxygen atoms in total. The first-order valence-corrected chi connectivity index (χ1v) is 4.67. The molecule has 72 valence electrons. The molecule has 0 amide bonds. The Bertz CT molecular complexity index is 477. The number of carbonyl (C=O) groups is 1. The lowest BCUT2D eigenvalue weighted by Gasteiger charge is -2.07. The van der Waals surface area contributed by atoms with Crippen LogP contribution in [0.25, 0.3) is 6.08 Å². The Morgan fingerprint density at radius 2 is 2.36 bits per heavy atom. The van der Waals surface area contributed by atoms with Gasteiger partial charge in [-0.2, -0.15) is 0 Å². The fourth-order valence-electron chi connectivity index (χ4n) is 1.72.